The zero-order chi connectivity index (χ0) is 14.5. The first-order valence-corrected chi connectivity index (χ1v) is 6.96. The van der Waals surface area contributed by atoms with Gasteiger partial charge in [-0.25, -0.2) is 4.79 Å². The van der Waals surface area contributed by atoms with Crippen LogP contribution in [-0.2, 0) is 10.6 Å². The highest BCUT2D eigenvalue weighted by molar-refractivity contribution is 6.17. The summed E-state index contributed by atoms with van der Waals surface area (Å²) in [7, 11) is 1.36. The molecule has 0 bridgehead atoms. The Bertz CT molecular complexity index is 482. The second-order valence-electron chi connectivity index (χ2n) is 4.58. The quantitative estimate of drug-likeness (QED) is 0.784. The molecule has 0 aromatic heterocycles. The second kappa shape index (κ2) is 6.61. The minimum Gasteiger partial charge on any atom is -0.453 e. The van der Waals surface area contributed by atoms with Crippen LogP contribution < -0.4 is 0 Å². The molecular weight excluding hydrogens is 280 g/mol. The molecule has 0 radical (unpaired) electrons. The van der Waals surface area contributed by atoms with E-state index in [-0.39, 0.29) is 12.0 Å². The van der Waals surface area contributed by atoms with E-state index in [1.165, 1.54) is 7.11 Å². The molecule has 20 heavy (non-hydrogen) atoms. The standard InChI is InChI=1S/C14H17ClN2O3/c1-20-14(19)17-8-6-16(7-9-17)13(18)12-4-2-11(10-15)3-5-12/h2-5H,6-10H2,1H3. The number of hydrogen-bond acceptors (Lipinski definition) is 3. The summed E-state index contributed by atoms with van der Waals surface area (Å²) < 4.78 is 4.67. The fraction of sp³-hybridized carbons (Fsp3) is 0.429. The van der Waals surface area contributed by atoms with Gasteiger partial charge in [-0.2, -0.15) is 0 Å². The number of carbonyl (C=O) groups excluding carboxylic acids is 2. The van der Waals surface area contributed by atoms with E-state index < -0.39 is 0 Å². The summed E-state index contributed by atoms with van der Waals surface area (Å²) in [6, 6.07) is 7.27. The van der Waals surface area contributed by atoms with Crippen molar-refractivity contribution in [1.82, 2.24) is 9.80 Å². The largest absolute Gasteiger partial charge is 0.453 e. The first kappa shape index (κ1) is 14.7. The average Bonchev–Trinajstić information content (AvgIpc) is 2.53. The van der Waals surface area contributed by atoms with Crippen molar-refractivity contribution in [2.24, 2.45) is 0 Å². The molecule has 1 aromatic rings. The second-order valence-corrected chi connectivity index (χ2v) is 4.85. The molecule has 0 spiro atoms. The van der Waals surface area contributed by atoms with E-state index in [1.54, 1.807) is 21.9 Å². The predicted molar refractivity (Wildman–Crippen MR) is 75.9 cm³/mol. The number of rotatable bonds is 2. The first-order valence-electron chi connectivity index (χ1n) is 6.42. The monoisotopic (exact) mass is 296 g/mol. The van der Waals surface area contributed by atoms with Crippen LogP contribution in [0.1, 0.15) is 15.9 Å². The van der Waals surface area contributed by atoms with Crippen molar-refractivity contribution < 1.29 is 14.3 Å². The third kappa shape index (κ3) is 3.22. The van der Waals surface area contributed by atoms with Crippen LogP contribution in [0.3, 0.4) is 0 Å². The minimum atomic E-state index is -0.344. The van der Waals surface area contributed by atoms with Gasteiger partial charge in [0, 0.05) is 37.6 Å². The molecule has 5 nitrogen and oxygen atoms in total. The number of hydrogen-bond donors (Lipinski definition) is 0. The Labute approximate surface area is 123 Å². The number of amides is 2. The zero-order valence-electron chi connectivity index (χ0n) is 11.3. The Balaban J connectivity index is 1.95. The molecule has 2 amide bonds. The number of alkyl halides is 1. The summed E-state index contributed by atoms with van der Waals surface area (Å²) in [5, 5.41) is 0. The highest BCUT2D eigenvalue weighted by Gasteiger charge is 2.25. The molecule has 0 N–H and O–H groups in total. The summed E-state index contributed by atoms with van der Waals surface area (Å²) in [4.78, 5) is 27.0. The van der Waals surface area contributed by atoms with Crippen LogP contribution in [0.15, 0.2) is 24.3 Å². The molecule has 0 unspecified atom stereocenters. The number of benzene rings is 1. The van der Waals surface area contributed by atoms with Gasteiger partial charge < -0.3 is 14.5 Å². The maximum Gasteiger partial charge on any atom is 0.409 e. The van der Waals surface area contributed by atoms with Crippen LogP contribution in [0.25, 0.3) is 0 Å². The normalized spacial score (nSPS) is 15.1. The van der Waals surface area contributed by atoms with E-state index in [1.807, 2.05) is 12.1 Å². The summed E-state index contributed by atoms with van der Waals surface area (Å²) in [5.74, 6) is 0.419. The number of nitrogens with zero attached hydrogens (tertiary/aromatic N) is 2. The molecule has 2 rings (SSSR count). The Hall–Kier alpha value is -1.75. The van der Waals surface area contributed by atoms with Crippen molar-refractivity contribution in [2.45, 2.75) is 5.88 Å². The molecule has 1 aliphatic heterocycles. The van der Waals surface area contributed by atoms with Crippen molar-refractivity contribution >= 4 is 23.6 Å². The van der Waals surface area contributed by atoms with Crippen LogP contribution in [0.2, 0.25) is 0 Å². The van der Waals surface area contributed by atoms with Gasteiger partial charge in [0.1, 0.15) is 0 Å². The first-order chi connectivity index (χ1) is 9.65. The van der Waals surface area contributed by atoms with Gasteiger partial charge in [0.25, 0.3) is 5.91 Å². The van der Waals surface area contributed by atoms with E-state index in [9.17, 15) is 9.59 Å². The number of piperazine rings is 1. The maximum absolute atomic E-state index is 12.3. The lowest BCUT2D eigenvalue weighted by atomic mass is 10.1. The Morgan fingerprint density at radius 1 is 1.10 bits per heavy atom. The molecule has 1 saturated heterocycles. The van der Waals surface area contributed by atoms with E-state index >= 15 is 0 Å². The molecular formula is C14H17ClN2O3. The number of halogens is 1. The summed E-state index contributed by atoms with van der Waals surface area (Å²) in [6.07, 6.45) is -0.344. The van der Waals surface area contributed by atoms with Crippen LogP contribution in [0, 0.1) is 0 Å². The molecule has 6 heteroatoms. The molecule has 1 fully saturated rings. The van der Waals surface area contributed by atoms with Crippen molar-refractivity contribution in [3.05, 3.63) is 35.4 Å². The maximum atomic E-state index is 12.3. The van der Waals surface area contributed by atoms with Gasteiger partial charge in [0.2, 0.25) is 0 Å². The molecule has 108 valence electrons. The number of methoxy groups -OCH3 is 1. The Morgan fingerprint density at radius 3 is 2.15 bits per heavy atom. The zero-order valence-corrected chi connectivity index (χ0v) is 12.1. The van der Waals surface area contributed by atoms with Gasteiger partial charge in [-0.05, 0) is 17.7 Å². The van der Waals surface area contributed by atoms with Gasteiger partial charge in [-0.1, -0.05) is 12.1 Å². The van der Waals surface area contributed by atoms with Gasteiger partial charge in [0.05, 0.1) is 7.11 Å². The SMILES string of the molecule is COC(=O)N1CCN(C(=O)c2ccc(CCl)cc2)CC1. The van der Waals surface area contributed by atoms with Crippen LogP contribution >= 0.6 is 11.6 Å². The third-order valence-corrected chi connectivity index (χ3v) is 3.66. The average molecular weight is 297 g/mol. The van der Waals surface area contributed by atoms with E-state index in [0.717, 1.165) is 5.56 Å². The van der Waals surface area contributed by atoms with Gasteiger partial charge in [-0.3, -0.25) is 4.79 Å². The summed E-state index contributed by atoms with van der Waals surface area (Å²) >= 11 is 5.72. The predicted octanol–water partition coefficient (Wildman–Crippen LogP) is 1.95. The molecule has 0 aliphatic carbocycles. The summed E-state index contributed by atoms with van der Waals surface area (Å²) in [5.41, 5.74) is 1.63. The number of ether oxygens (including phenoxy) is 1. The lowest BCUT2D eigenvalue weighted by Gasteiger charge is -2.33. The van der Waals surface area contributed by atoms with Crippen LogP contribution in [-0.4, -0.2) is 55.1 Å². The van der Waals surface area contributed by atoms with Crippen molar-refractivity contribution in [3.8, 4) is 0 Å². The van der Waals surface area contributed by atoms with E-state index in [0.29, 0.717) is 37.6 Å². The molecule has 1 aromatic carbocycles. The molecule has 1 aliphatic rings. The van der Waals surface area contributed by atoms with Crippen LogP contribution in [0.4, 0.5) is 4.79 Å². The minimum absolute atomic E-state index is 0.0179. The van der Waals surface area contributed by atoms with Crippen molar-refractivity contribution in [3.63, 3.8) is 0 Å². The Morgan fingerprint density at radius 2 is 1.65 bits per heavy atom. The smallest absolute Gasteiger partial charge is 0.409 e. The molecule has 0 atom stereocenters. The lowest BCUT2D eigenvalue weighted by Crippen LogP contribution is -2.50. The summed E-state index contributed by atoms with van der Waals surface area (Å²) in [6.45, 7) is 2.03. The van der Waals surface area contributed by atoms with Gasteiger partial charge >= 0.3 is 6.09 Å². The van der Waals surface area contributed by atoms with Crippen molar-refractivity contribution in [1.29, 1.82) is 0 Å². The fourth-order valence-corrected chi connectivity index (χ4v) is 2.32. The van der Waals surface area contributed by atoms with E-state index in [2.05, 4.69) is 4.74 Å². The molecule has 1 heterocycles. The Kier molecular flexibility index (Phi) is 4.84. The molecule has 0 saturated carbocycles. The van der Waals surface area contributed by atoms with E-state index in [4.69, 9.17) is 11.6 Å². The third-order valence-electron chi connectivity index (χ3n) is 3.35. The number of carbonyl (C=O) groups is 2. The topological polar surface area (TPSA) is 49.9 Å². The highest BCUT2D eigenvalue weighted by atomic mass is 35.5. The lowest BCUT2D eigenvalue weighted by molar-refractivity contribution is 0.0599. The van der Waals surface area contributed by atoms with Gasteiger partial charge in [-0.15, -0.1) is 11.6 Å². The highest BCUT2D eigenvalue weighted by Crippen LogP contribution is 2.12. The van der Waals surface area contributed by atoms with Crippen molar-refractivity contribution in [2.75, 3.05) is 33.3 Å². The van der Waals surface area contributed by atoms with Gasteiger partial charge in [0.15, 0.2) is 0 Å². The van der Waals surface area contributed by atoms with Crippen LogP contribution in [0.5, 0.6) is 0 Å². The fourth-order valence-electron chi connectivity index (χ4n) is 2.14.